The molecule has 1 heterocycles. The zero-order chi connectivity index (χ0) is 12.4. The highest BCUT2D eigenvalue weighted by molar-refractivity contribution is 6.31. The SMILES string of the molecule is Nc1nc(Cl)nc(Nc2cccc(Cl)c2F)n1. The molecule has 0 saturated carbocycles. The Bertz CT molecular complexity index is 543. The second-order valence-electron chi connectivity index (χ2n) is 3.01. The Morgan fingerprint density at radius 2 is 1.94 bits per heavy atom. The van der Waals surface area contributed by atoms with E-state index in [9.17, 15) is 4.39 Å². The van der Waals surface area contributed by atoms with Gasteiger partial charge in [-0.05, 0) is 23.7 Å². The molecule has 1 aromatic carbocycles. The van der Waals surface area contributed by atoms with Gasteiger partial charge in [-0.1, -0.05) is 17.7 Å². The number of hydrogen-bond acceptors (Lipinski definition) is 5. The van der Waals surface area contributed by atoms with Crippen molar-refractivity contribution in [3.63, 3.8) is 0 Å². The lowest BCUT2D eigenvalue weighted by molar-refractivity contribution is 0.632. The van der Waals surface area contributed by atoms with Crippen molar-refractivity contribution < 1.29 is 4.39 Å². The van der Waals surface area contributed by atoms with Crippen molar-refractivity contribution in [2.24, 2.45) is 0 Å². The highest BCUT2D eigenvalue weighted by Crippen LogP contribution is 2.24. The summed E-state index contributed by atoms with van der Waals surface area (Å²) in [5.41, 5.74) is 5.50. The maximum Gasteiger partial charge on any atom is 0.233 e. The number of hydrogen-bond donors (Lipinski definition) is 2. The Morgan fingerprint density at radius 3 is 2.65 bits per heavy atom. The van der Waals surface area contributed by atoms with Crippen molar-refractivity contribution in [1.82, 2.24) is 15.0 Å². The second-order valence-corrected chi connectivity index (χ2v) is 3.76. The Morgan fingerprint density at radius 1 is 1.18 bits per heavy atom. The van der Waals surface area contributed by atoms with Gasteiger partial charge in [0.05, 0.1) is 10.7 Å². The molecule has 0 fully saturated rings. The molecule has 0 bridgehead atoms. The van der Waals surface area contributed by atoms with E-state index >= 15 is 0 Å². The minimum absolute atomic E-state index is 0.0110. The first-order chi connectivity index (χ1) is 8.06. The van der Waals surface area contributed by atoms with E-state index in [2.05, 4.69) is 20.3 Å². The summed E-state index contributed by atoms with van der Waals surface area (Å²) < 4.78 is 13.6. The van der Waals surface area contributed by atoms with Crippen LogP contribution in [0.1, 0.15) is 0 Å². The van der Waals surface area contributed by atoms with Gasteiger partial charge in [0.2, 0.25) is 17.2 Å². The van der Waals surface area contributed by atoms with Gasteiger partial charge in [0.25, 0.3) is 0 Å². The molecule has 0 aliphatic heterocycles. The van der Waals surface area contributed by atoms with Gasteiger partial charge in [0.15, 0.2) is 5.82 Å². The minimum atomic E-state index is -0.607. The molecule has 0 unspecified atom stereocenters. The Labute approximate surface area is 106 Å². The van der Waals surface area contributed by atoms with Gasteiger partial charge in [0.1, 0.15) is 0 Å². The van der Waals surface area contributed by atoms with E-state index in [1.807, 2.05) is 0 Å². The van der Waals surface area contributed by atoms with Crippen LogP contribution in [0.5, 0.6) is 0 Å². The van der Waals surface area contributed by atoms with Crippen molar-refractivity contribution in [1.29, 1.82) is 0 Å². The number of nitrogen functional groups attached to an aromatic ring is 1. The summed E-state index contributed by atoms with van der Waals surface area (Å²) in [7, 11) is 0. The fraction of sp³-hybridized carbons (Fsp3) is 0. The molecule has 1 aromatic heterocycles. The Hall–Kier alpha value is -1.66. The fourth-order valence-electron chi connectivity index (χ4n) is 1.14. The first-order valence-electron chi connectivity index (χ1n) is 4.44. The van der Waals surface area contributed by atoms with Crippen molar-refractivity contribution in [3.8, 4) is 0 Å². The maximum atomic E-state index is 13.6. The molecule has 0 spiro atoms. The van der Waals surface area contributed by atoms with Gasteiger partial charge in [-0.3, -0.25) is 0 Å². The van der Waals surface area contributed by atoms with E-state index in [0.29, 0.717) is 0 Å². The number of nitrogens with one attached hydrogen (secondary N) is 1. The molecule has 2 aromatic rings. The highest BCUT2D eigenvalue weighted by Gasteiger charge is 2.08. The Kier molecular flexibility index (Phi) is 3.26. The molecule has 88 valence electrons. The largest absolute Gasteiger partial charge is 0.368 e. The number of benzene rings is 1. The predicted molar refractivity (Wildman–Crippen MR) is 63.9 cm³/mol. The number of aromatic nitrogens is 3. The van der Waals surface area contributed by atoms with Crippen LogP contribution < -0.4 is 11.1 Å². The van der Waals surface area contributed by atoms with Gasteiger partial charge < -0.3 is 11.1 Å². The lowest BCUT2D eigenvalue weighted by atomic mass is 10.3. The first-order valence-corrected chi connectivity index (χ1v) is 5.20. The normalized spacial score (nSPS) is 10.3. The van der Waals surface area contributed by atoms with Crippen LogP contribution >= 0.6 is 23.2 Å². The van der Waals surface area contributed by atoms with Crippen LogP contribution in [0.2, 0.25) is 10.3 Å². The van der Waals surface area contributed by atoms with E-state index in [1.54, 1.807) is 6.07 Å². The van der Waals surface area contributed by atoms with Crippen LogP contribution in [0.15, 0.2) is 18.2 Å². The van der Waals surface area contributed by atoms with Crippen LogP contribution in [0, 0.1) is 5.82 Å². The third-order valence-electron chi connectivity index (χ3n) is 1.82. The van der Waals surface area contributed by atoms with Crippen molar-refractivity contribution in [2.45, 2.75) is 0 Å². The molecule has 0 aliphatic rings. The third kappa shape index (κ3) is 2.72. The topological polar surface area (TPSA) is 76.7 Å². The monoisotopic (exact) mass is 273 g/mol. The number of halogens is 3. The summed E-state index contributed by atoms with van der Waals surface area (Å²) in [6, 6.07) is 4.49. The summed E-state index contributed by atoms with van der Waals surface area (Å²) in [5, 5.41) is 2.52. The number of nitrogens with zero attached hydrogens (tertiary/aromatic N) is 3. The van der Waals surface area contributed by atoms with E-state index in [4.69, 9.17) is 28.9 Å². The number of anilines is 3. The average Bonchev–Trinajstić information content (AvgIpc) is 2.23. The molecule has 2 rings (SSSR count). The van der Waals surface area contributed by atoms with Crippen LogP contribution in [-0.4, -0.2) is 15.0 Å². The van der Waals surface area contributed by atoms with Gasteiger partial charge in [-0.15, -0.1) is 0 Å². The van der Waals surface area contributed by atoms with Crippen LogP contribution in [0.3, 0.4) is 0 Å². The summed E-state index contributed by atoms with van der Waals surface area (Å²) in [5.74, 6) is -0.622. The number of rotatable bonds is 2. The maximum absolute atomic E-state index is 13.6. The molecule has 0 aliphatic carbocycles. The van der Waals surface area contributed by atoms with Crippen LogP contribution in [0.4, 0.5) is 22.0 Å². The summed E-state index contributed by atoms with van der Waals surface area (Å²) in [4.78, 5) is 11.1. The van der Waals surface area contributed by atoms with E-state index < -0.39 is 5.82 Å². The van der Waals surface area contributed by atoms with Crippen molar-refractivity contribution in [3.05, 3.63) is 34.3 Å². The second kappa shape index (κ2) is 4.68. The molecule has 5 nitrogen and oxygen atoms in total. The molecule has 8 heteroatoms. The molecule has 0 saturated heterocycles. The zero-order valence-corrected chi connectivity index (χ0v) is 9.80. The molecular formula is C9H6Cl2FN5. The lowest BCUT2D eigenvalue weighted by Crippen LogP contribution is -2.04. The van der Waals surface area contributed by atoms with E-state index in [0.717, 1.165) is 0 Å². The molecule has 0 atom stereocenters. The average molecular weight is 274 g/mol. The highest BCUT2D eigenvalue weighted by atomic mass is 35.5. The molecular weight excluding hydrogens is 268 g/mol. The Balaban J connectivity index is 2.34. The molecule has 0 radical (unpaired) electrons. The van der Waals surface area contributed by atoms with Crippen LogP contribution in [-0.2, 0) is 0 Å². The molecule has 3 N–H and O–H groups in total. The minimum Gasteiger partial charge on any atom is -0.368 e. The van der Waals surface area contributed by atoms with Gasteiger partial charge in [0, 0.05) is 0 Å². The first kappa shape index (κ1) is 11.8. The van der Waals surface area contributed by atoms with Crippen molar-refractivity contribution in [2.75, 3.05) is 11.1 Å². The molecule has 0 amide bonds. The van der Waals surface area contributed by atoms with Gasteiger partial charge in [-0.2, -0.15) is 15.0 Å². The third-order valence-corrected chi connectivity index (χ3v) is 2.28. The zero-order valence-electron chi connectivity index (χ0n) is 8.28. The van der Waals surface area contributed by atoms with E-state index in [1.165, 1.54) is 12.1 Å². The van der Waals surface area contributed by atoms with Gasteiger partial charge in [-0.25, -0.2) is 4.39 Å². The van der Waals surface area contributed by atoms with Crippen LogP contribution in [0.25, 0.3) is 0 Å². The lowest BCUT2D eigenvalue weighted by Gasteiger charge is -2.06. The smallest absolute Gasteiger partial charge is 0.233 e. The van der Waals surface area contributed by atoms with Gasteiger partial charge >= 0.3 is 0 Å². The summed E-state index contributed by atoms with van der Waals surface area (Å²) in [6.07, 6.45) is 0. The summed E-state index contributed by atoms with van der Waals surface area (Å²) in [6.45, 7) is 0. The summed E-state index contributed by atoms with van der Waals surface area (Å²) >= 11 is 11.2. The quantitative estimate of drug-likeness (QED) is 0.880. The fourth-order valence-corrected chi connectivity index (χ4v) is 1.48. The van der Waals surface area contributed by atoms with Crippen molar-refractivity contribution >= 4 is 40.8 Å². The standard InChI is InChI=1S/C9H6Cl2FN5/c10-4-2-1-3-5(6(4)12)14-9-16-7(11)15-8(13)17-9/h1-3H,(H3,13,14,15,16,17). The van der Waals surface area contributed by atoms with E-state index in [-0.39, 0.29) is 27.9 Å². The number of nitrogens with two attached hydrogens (primary N) is 1. The predicted octanol–water partition coefficient (Wildman–Crippen LogP) is 2.64. The molecule has 17 heavy (non-hydrogen) atoms.